The fourth-order valence-corrected chi connectivity index (χ4v) is 1.82. The molecule has 0 aromatic heterocycles. The Kier molecular flexibility index (Phi) is 3.54. The van der Waals surface area contributed by atoms with Crippen molar-refractivity contribution >= 4 is 0 Å². The van der Waals surface area contributed by atoms with E-state index in [-0.39, 0.29) is 6.10 Å². The summed E-state index contributed by atoms with van der Waals surface area (Å²) in [6.45, 7) is 0. The van der Waals surface area contributed by atoms with E-state index in [1.807, 2.05) is 54.6 Å². The predicted octanol–water partition coefficient (Wildman–Crippen LogP) is 3.29. The summed E-state index contributed by atoms with van der Waals surface area (Å²) in [7, 11) is 1.69. The summed E-state index contributed by atoms with van der Waals surface area (Å²) in [4.78, 5) is 0. The van der Waals surface area contributed by atoms with Crippen LogP contribution in [0.3, 0.4) is 0 Å². The average Bonchev–Trinajstić information content (AvgIpc) is 2.42. The van der Waals surface area contributed by atoms with Gasteiger partial charge in [0, 0.05) is 7.11 Å². The monoisotopic (exact) mass is 223 g/mol. The van der Waals surface area contributed by atoms with Gasteiger partial charge >= 0.3 is 0 Å². The summed E-state index contributed by atoms with van der Waals surface area (Å²) in [6.07, 6.45) is -0.0797. The zero-order valence-corrected chi connectivity index (χ0v) is 9.63. The Morgan fingerprint density at radius 2 is 1.53 bits per heavy atom. The molecule has 0 aliphatic heterocycles. The molecular weight excluding hydrogens is 210 g/mol. The highest BCUT2D eigenvalue weighted by Gasteiger charge is 2.12. The van der Waals surface area contributed by atoms with Crippen molar-refractivity contribution in [3.63, 3.8) is 0 Å². The highest BCUT2D eigenvalue weighted by molar-refractivity contribution is 5.36. The number of ether oxygens (including phenoxy) is 1. The molecule has 0 aliphatic carbocycles. The summed E-state index contributed by atoms with van der Waals surface area (Å²) in [5.74, 6) is 0. The van der Waals surface area contributed by atoms with Gasteiger partial charge in [0.25, 0.3) is 0 Å². The van der Waals surface area contributed by atoms with Crippen LogP contribution in [0.15, 0.2) is 54.6 Å². The number of hydrogen-bond acceptors (Lipinski definition) is 2. The highest BCUT2D eigenvalue weighted by atomic mass is 16.5. The van der Waals surface area contributed by atoms with Gasteiger partial charge in [-0.05, 0) is 23.3 Å². The average molecular weight is 223 g/mol. The van der Waals surface area contributed by atoms with Gasteiger partial charge in [-0.2, -0.15) is 5.26 Å². The first-order chi connectivity index (χ1) is 8.35. The van der Waals surface area contributed by atoms with E-state index in [1.54, 1.807) is 7.11 Å². The van der Waals surface area contributed by atoms with Crippen molar-refractivity contribution < 1.29 is 4.74 Å². The second-order valence-electron chi connectivity index (χ2n) is 3.76. The van der Waals surface area contributed by atoms with Crippen LogP contribution in [0.4, 0.5) is 0 Å². The smallest absolute Gasteiger partial charge is 0.107 e. The molecule has 2 heteroatoms. The van der Waals surface area contributed by atoms with Crippen LogP contribution in [0.5, 0.6) is 0 Å². The van der Waals surface area contributed by atoms with Gasteiger partial charge in [0.15, 0.2) is 0 Å². The van der Waals surface area contributed by atoms with Crippen molar-refractivity contribution in [2.75, 3.05) is 7.11 Å². The first kappa shape index (κ1) is 11.4. The minimum absolute atomic E-state index is 0.0797. The quantitative estimate of drug-likeness (QED) is 0.799. The van der Waals surface area contributed by atoms with Crippen molar-refractivity contribution in [3.05, 3.63) is 71.3 Å². The molecule has 2 aromatic rings. The van der Waals surface area contributed by atoms with Crippen LogP contribution in [-0.4, -0.2) is 7.11 Å². The molecule has 0 N–H and O–H groups in total. The zero-order chi connectivity index (χ0) is 12.1. The van der Waals surface area contributed by atoms with Crippen molar-refractivity contribution in [1.82, 2.24) is 0 Å². The summed E-state index contributed by atoms with van der Waals surface area (Å²) in [6, 6.07) is 19.6. The summed E-state index contributed by atoms with van der Waals surface area (Å²) >= 11 is 0. The van der Waals surface area contributed by atoms with Gasteiger partial charge in [-0.25, -0.2) is 0 Å². The Labute approximate surface area is 101 Å². The molecular formula is C15H13NO. The second kappa shape index (κ2) is 5.29. The topological polar surface area (TPSA) is 33.0 Å². The van der Waals surface area contributed by atoms with E-state index >= 15 is 0 Å². The Hall–Kier alpha value is -2.11. The molecule has 1 unspecified atom stereocenters. The van der Waals surface area contributed by atoms with Crippen molar-refractivity contribution in [1.29, 1.82) is 5.26 Å². The van der Waals surface area contributed by atoms with E-state index in [1.165, 1.54) is 0 Å². The van der Waals surface area contributed by atoms with E-state index in [0.29, 0.717) is 5.56 Å². The minimum atomic E-state index is -0.0797. The van der Waals surface area contributed by atoms with Crippen LogP contribution < -0.4 is 0 Å². The van der Waals surface area contributed by atoms with Crippen LogP contribution in [0.1, 0.15) is 22.8 Å². The van der Waals surface area contributed by atoms with Crippen LogP contribution in [0.25, 0.3) is 0 Å². The van der Waals surface area contributed by atoms with Gasteiger partial charge in [-0.1, -0.05) is 42.5 Å². The molecule has 84 valence electrons. The van der Waals surface area contributed by atoms with Crippen molar-refractivity contribution in [3.8, 4) is 6.07 Å². The third-order valence-corrected chi connectivity index (χ3v) is 2.68. The van der Waals surface area contributed by atoms with Crippen molar-refractivity contribution in [2.45, 2.75) is 6.10 Å². The largest absolute Gasteiger partial charge is 0.372 e. The van der Waals surface area contributed by atoms with Gasteiger partial charge < -0.3 is 4.74 Å². The molecule has 2 aromatic carbocycles. The molecule has 0 bridgehead atoms. The lowest BCUT2D eigenvalue weighted by molar-refractivity contribution is 0.136. The first-order valence-corrected chi connectivity index (χ1v) is 5.43. The Bertz CT molecular complexity index is 511. The van der Waals surface area contributed by atoms with E-state index in [0.717, 1.165) is 11.1 Å². The maximum atomic E-state index is 8.76. The Morgan fingerprint density at radius 3 is 2.06 bits per heavy atom. The van der Waals surface area contributed by atoms with Gasteiger partial charge in [0.1, 0.15) is 6.10 Å². The fraction of sp³-hybridized carbons (Fsp3) is 0.133. The molecule has 0 aliphatic rings. The normalized spacial score (nSPS) is 11.8. The second-order valence-corrected chi connectivity index (χ2v) is 3.76. The molecule has 2 rings (SSSR count). The number of rotatable bonds is 3. The predicted molar refractivity (Wildman–Crippen MR) is 66.5 cm³/mol. The SMILES string of the molecule is COC(c1ccccc1)c1ccc(C#N)cc1. The molecule has 0 heterocycles. The molecule has 0 spiro atoms. The Balaban J connectivity index is 2.33. The molecule has 0 radical (unpaired) electrons. The van der Waals surface area contributed by atoms with E-state index in [9.17, 15) is 0 Å². The van der Waals surface area contributed by atoms with E-state index in [2.05, 4.69) is 6.07 Å². The maximum Gasteiger partial charge on any atom is 0.107 e. The van der Waals surface area contributed by atoms with Crippen LogP contribution >= 0.6 is 0 Å². The lowest BCUT2D eigenvalue weighted by Crippen LogP contribution is -2.03. The van der Waals surface area contributed by atoms with E-state index in [4.69, 9.17) is 10.00 Å². The third kappa shape index (κ3) is 2.52. The standard InChI is InChI=1S/C15H13NO/c1-17-15(13-5-3-2-4-6-13)14-9-7-12(11-16)8-10-14/h2-10,15H,1H3. The molecule has 17 heavy (non-hydrogen) atoms. The first-order valence-electron chi connectivity index (χ1n) is 5.43. The number of benzene rings is 2. The lowest BCUT2D eigenvalue weighted by atomic mass is 10.0. The highest BCUT2D eigenvalue weighted by Crippen LogP contribution is 2.25. The number of nitriles is 1. The van der Waals surface area contributed by atoms with Gasteiger partial charge in [0.05, 0.1) is 11.6 Å². The summed E-state index contributed by atoms with van der Waals surface area (Å²) < 4.78 is 5.51. The molecule has 2 nitrogen and oxygen atoms in total. The maximum absolute atomic E-state index is 8.76. The van der Waals surface area contributed by atoms with Gasteiger partial charge in [0.2, 0.25) is 0 Å². The van der Waals surface area contributed by atoms with Crippen LogP contribution in [0, 0.1) is 11.3 Å². The molecule has 0 saturated heterocycles. The van der Waals surface area contributed by atoms with Gasteiger partial charge in [-0.15, -0.1) is 0 Å². The fourth-order valence-electron chi connectivity index (χ4n) is 1.82. The summed E-state index contributed by atoms with van der Waals surface area (Å²) in [5.41, 5.74) is 2.83. The zero-order valence-electron chi connectivity index (χ0n) is 9.63. The number of nitrogens with zero attached hydrogens (tertiary/aromatic N) is 1. The number of methoxy groups -OCH3 is 1. The lowest BCUT2D eigenvalue weighted by Gasteiger charge is -2.16. The molecule has 0 fully saturated rings. The van der Waals surface area contributed by atoms with Crippen LogP contribution in [0.2, 0.25) is 0 Å². The number of hydrogen-bond donors (Lipinski definition) is 0. The third-order valence-electron chi connectivity index (χ3n) is 2.68. The molecule has 0 amide bonds. The van der Waals surface area contributed by atoms with Crippen molar-refractivity contribution in [2.24, 2.45) is 0 Å². The summed E-state index contributed by atoms with van der Waals surface area (Å²) in [5, 5.41) is 8.76. The Morgan fingerprint density at radius 1 is 0.941 bits per heavy atom. The molecule has 1 atom stereocenters. The molecule has 0 saturated carbocycles. The minimum Gasteiger partial charge on any atom is -0.372 e. The van der Waals surface area contributed by atoms with Gasteiger partial charge in [-0.3, -0.25) is 0 Å². The van der Waals surface area contributed by atoms with Crippen LogP contribution in [-0.2, 0) is 4.74 Å². The van der Waals surface area contributed by atoms with E-state index < -0.39 is 0 Å².